The summed E-state index contributed by atoms with van der Waals surface area (Å²) in [4.78, 5) is 24.2. The zero-order valence-electron chi connectivity index (χ0n) is 10.6. The van der Waals surface area contributed by atoms with Crippen LogP contribution in [0, 0.1) is 6.92 Å². The van der Waals surface area contributed by atoms with E-state index in [0.717, 1.165) is 4.90 Å². The van der Waals surface area contributed by atoms with E-state index in [0.29, 0.717) is 11.4 Å². The number of benzene rings is 1. The molecule has 1 N–H and O–H groups in total. The Kier molecular flexibility index (Phi) is 3.76. The zero-order chi connectivity index (χ0) is 14.0. The summed E-state index contributed by atoms with van der Waals surface area (Å²) in [6.07, 6.45) is 1.95. The molecule has 19 heavy (non-hydrogen) atoms. The van der Waals surface area contributed by atoms with Crippen LogP contribution < -0.4 is 5.56 Å². The van der Waals surface area contributed by atoms with Crippen LogP contribution in [0.5, 0.6) is 0 Å². The maximum absolute atomic E-state index is 12.2. The van der Waals surface area contributed by atoms with E-state index in [1.807, 2.05) is 24.5 Å². The molecular formula is C14H13NO3S. The van der Waals surface area contributed by atoms with Crippen molar-refractivity contribution in [3.05, 3.63) is 58.0 Å². The second-order valence-corrected chi connectivity index (χ2v) is 4.92. The first-order valence-electron chi connectivity index (χ1n) is 5.65. The first-order chi connectivity index (χ1) is 9.04. The summed E-state index contributed by atoms with van der Waals surface area (Å²) in [7, 11) is 0. The van der Waals surface area contributed by atoms with Crippen molar-refractivity contribution < 1.29 is 9.90 Å². The summed E-state index contributed by atoms with van der Waals surface area (Å²) >= 11 is 1.57. The number of pyridine rings is 1. The van der Waals surface area contributed by atoms with Crippen LogP contribution in [-0.4, -0.2) is 21.9 Å². The molecule has 0 saturated heterocycles. The molecule has 1 aromatic heterocycles. The number of nitrogens with zero attached hydrogens (tertiary/aromatic N) is 1. The van der Waals surface area contributed by atoms with E-state index < -0.39 is 11.5 Å². The lowest BCUT2D eigenvalue weighted by Gasteiger charge is -2.11. The summed E-state index contributed by atoms with van der Waals surface area (Å²) < 4.78 is 1.42. The van der Waals surface area contributed by atoms with Gasteiger partial charge in [-0.25, -0.2) is 4.79 Å². The third-order valence-electron chi connectivity index (χ3n) is 2.82. The Morgan fingerprint density at radius 2 is 2.00 bits per heavy atom. The Hall–Kier alpha value is -2.01. The van der Waals surface area contributed by atoms with Crippen molar-refractivity contribution in [3.8, 4) is 5.69 Å². The maximum Gasteiger partial charge on any atom is 0.341 e. The zero-order valence-corrected chi connectivity index (χ0v) is 11.4. The second kappa shape index (κ2) is 5.32. The molecule has 0 aliphatic rings. The topological polar surface area (TPSA) is 59.3 Å². The van der Waals surface area contributed by atoms with E-state index >= 15 is 0 Å². The van der Waals surface area contributed by atoms with Gasteiger partial charge in [0, 0.05) is 16.3 Å². The number of carboxylic acids is 1. The predicted molar refractivity (Wildman–Crippen MR) is 75.5 cm³/mol. The highest BCUT2D eigenvalue weighted by Crippen LogP contribution is 2.18. The van der Waals surface area contributed by atoms with Crippen LogP contribution in [-0.2, 0) is 0 Å². The molecule has 4 nitrogen and oxygen atoms in total. The molecule has 0 fully saturated rings. The highest BCUT2D eigenvalue weighted by atomic mass is 32.2. The quantitative estimate of drug-likeness (QED) is 0.875. The lowest BCUT2D eigenvalue weighted by Crippen LogP contribution is -2.26. The Morgan fingerprint density at radius 1 is 1.26 bits per heavy atom. The van der Waals surface area contributed by atoms with Gasteiger partial charge in [-0.2, -0.15) is 0 Å². The molecule has 1 aromatic carbocycles. The fraction of sp³-hybridized carbons (Fsp3) is 0.143. The third-order valence-corrected chi connectivity index (χ3v) is 3.54. The summed E-state index contributed by atoms with van der Waals surface area (Å²) in [5.41, 5.74) is 0.650. The summed E-state index contributed by atoms with van der Waals surface area (Å²) in [5, 5.41) is 9.01. The smallest absolute Gasteiger partial charge is 0.341 e. The highest BCUT2D eigenvalue weighted by molar-refractivity contribution is 7.98. The lowest BCUT2D eigenvalue weighted by molar-refractivity contribution is 0.0694. The van der Waals surface area contributed by atoms with Crippen molar-refractivity contribution in [3.63, 3.8) is 0 Å². The number of rotatable bonds is 3. The van der Waals surface area contributed by atoms with Gasteiger partial charge in [-0.3, -0.25) is 9.36 Å². The summed E-state index contributed by atoms with van der Waals surface area (Å²) in [6, 6.07) is 10.4. The van der Waals surface area contributed by atoms with E-state index in [1.165, 1.54) is 10.6 Å². The molecule has 0 aliphatic carbocycles. The minimum absolute atomic E-state index is 0.222. The Bertz CT molecular complexity index is 691. The van der Waals surface area contributed by atoms with E-state index in [2.05, 4.69) is 0 Å². The van der Waals surface area contributed by atoms with E-state index in [9.17, 15) is 9.59 Å². The fourth-order valence-electron chi connectivity index (χ4n) is 1.86. The lowest BCUT2D eigenvalue weighted by atomic mass is 10.2. The van der Waals surface area contributed by atoms with Crippen molar-refractivity contribution in [1.29, 1.82) is 0 Å². The van der Waals surface area contributed by atoms with Crippen LogP contribution in [0.3, 0.4) is 0 Å². The molecule has 0 aliphatic heterocycles. The summed E-state index contributed by atoms with van der Waals surface area (Å²) in [6.45, 7) is 1.78. The van der Waals surface area contributed by atoms with Gasteiger partial charge < -0.3 is 5.11 Å². The number of thioether (sulfide) groups is 1. The van der Waals surface area contributed by atoms with Crippen LogP contribution in [0.25, 0.3) is 5.69 Å². The normalized spacial score (nSPS) is 10.4. The largest absolute Gasteiger partial charge is 0.477 e. The molecule has 5 heteroatoms. The molecule has 0 saturated carbocycles. The SMILES string of the molecule is CSc1cccc(-n2c(C)ccc(C(=O)O)c2=O)c1. The van der Waals surface area contributed by atoms with Crippen LogP contribution in [0.15, 0.2) is 46.1 Å². The monoisotopic (exact) mass is 275 g/mol. The van der Waals surface area contributed by atoms with Crippen LogP contribution in [0.1, 0.15) is 16.1 Å². The maximum atomic E-state index is 12.2. The number of aryl methyl sites for hydroxylation is 1. The minimum atomic E-state index is -1.21. The number of aromatic carboxylic acids is 1. The highest BCUT2D eigenvalue weighted by Gasteiger charge is 2.13. The molecule has 0 amide bonds. The van der Waals surface area contributed by atoms with Crippen molar-refractivity contribution in [2.45, 2.75) is 11.8 Å². The minimum Gasteiger partial charge on any atom is -0.477 e. The molecule has 98 valence electrons. The number of hydrogen-bond donors (Lipinski definition) is 1. The van der Waals surface area contributed by atoms with Gasteiger partial charge >= 0.3 is 5.97 Å². The molecule has 1 heterocycles. The van der Waals surface area contributed by atoms with E-state index in [4.69, 9.17) is 5.11 Å². The van der Waals surface area contributed by atoms with Crippen molar-refractivity contribution in [2.24, 2.45) is 0 Å². The molecule has 0 radical (unpaired) electrons. The standard InChI is InChI=1S/C14H13NO3S/c1-9-6-7-12(14(17)18)13(16)15(9)10-4-3-5-11(8-10)19-2/h3-8H,1-2H3,(H,17,18). The predicted octanol–water partition coefficient (Wildman–Crippen LogP) is 2.57. The van der Waals surface area contributed by atoms with E-state index in [1.54, 1.807) is 30.8 Å². The van der Waals surface area contributed by atoms with Gasteiger partial charge in [-0.15, -0.1) is 11.8 Å². The molecule has 0 spiro atoms. The Labute approximate surface area is 114 Å². The number of carbonyl (C=O) groups is 1. The van der Waals surface area contributed by atoms with Gasteiger partial charge in [-0.05, 0) is 43.5 Å². The molecule has 0 unspecified atom stereocenters. The first kappa shape index (κ1) is 13.4. The number of carboxylic acid groups (broad SMARTS) is 1. The molecule has 2 rings (SSSR count). The van der Waals surface area contributed by atoms with Gasteiger partial charge in [0.2, 0.25) is 0 Å². The Balaban J connectivity index is 2.70. The third kappa shape index (κ3) is 2.56. The molecular weight excluding hydrogens is 262 g/mol. The molecule has 0 bridgehead atoms. The summed E-state index contributed by atoms with van der Waals surface area (Å²) in [5.74, 6) is -1.21. The van der Waals surface area contributed by atoms with Crippen molar-refractivity contribution in [1.82, 2.24) is 4.57 Å². The average Bonchev–Trinajstić information content (AvgIpc) is 2.38. The first-order valence-corrected chi connectivity index (χ1v) is 6.87. The number of aromatic nitrogens is 1. The van der Waals surface area contributed by atoms with Gasteiger partial charge in [-0.1, -0.05) is 6.07 Å². The van der Waals surface area contributed by atoms with Gasteiger partial charge in [0.15, 0.2) is 0 Å². The van der Waals surface area contributed by atoms with Gasteiger partial charge in [0.05, 0.1) is 0 Å². The average molecular weight is 275 g/mol. The van der Waals surface area contributed by atoms with E-state index in [-0.39, 0.29) is 5.56 Å². The Morgan fingerprint density at radius 3 is 2.63 bits per heavy atom. The number of hydrogen-bond acceptors (Lipinski definition) is 3. The van der Waals surface area contributed by atoms with Crippen molar-refractivity contribution in [2.75, 3.05) is 6.26 Å². The van der Waals surface area contributed by atoms with Crippen LogP contribution in [0.4, 0.5) is 0 Å². The fourth-order valence-corrected chi connectivity index (χ4v) is 2.32. The van der Waals surface area contributed by atoms with Crippen molar-refractivity contribution >= 4 is 17.7 Å². The molecule has 0 atom stereocenters. The molecule has 2 aromatic rings. The second-order valence-electron chi connectivity index (χ2n) is 4.04. The van der Waals surface area contributed by atoms with Crippen LogP contribution in [0.2, 0.25) is 0 Å². The van der Waals surface area contributed by atoms with Gasteiger partial charge in [0.25, 0.3) is 5.56 Å². The van der Waals surface area contributed by atoms with Gasteiger partial charge in [0.1, 0.15) is 5.56 Å². The van der Waals surface area contributed by atoms with Crippen LogP contribution >= 0.6 is 11.8 Å².